The molecule has 1 heterocycles. The molecule has 1 atom stereocenters. The molecule has 0 radical (unpaired) electrons. The van der Waals surface area contributed by atoms with E-state index in [1.807, 2.05) is 12.1 Å². The first-order chi connectivity index (χ1) is 18.2. The molecule has 0 aliphatic rings. The van der Waals surface area contributed by atoms with Crippen LogP contribution in [0.15, 0.2) is 48.5 Å². The Labute approximate surface area is 226 Å². The van der Waals surface area contributed by atoms with Crippen molar-refractivity contribution >= 4 is 34.9 Å². The largest absolute Gasteiger partial charge is 0.497 e. The first-order valence-electron chi connectivity index (χ1n) is 12.1. The van der Waals surface area contributed by atoms with E-state index in [1.165, 1.54) is 4.90 Å². The number of carbonyl (C=O) groups is 3. The van der Waals surface area contributed by atoms with Crippen LogP contribution in [-0.2, 0) is 11.3 Å². The minimum absolute atomic E-state index is 0.0285. The zero-order valence-corrected chi connectivity index (χ0v) is 22.7. The number of amides is 3. The highest BCUT2D eigenvalue weighted by molar-refractivity contribution is 7.09. The van der Waals surface area contributed by atoms with Crippen LogP contribution in [0.2, 0.25) is 0 Å². The van der Waals surface area contributed by atoms with Gasteiger partial charge < -0.3 is 31.2 Å². The lowest BCUT2D eigenvalue weighted by atomic mass is 10.0. The number of hydrogen-bond donors (Lipinski definition) is 3. The van der Waals surface area contributed by atoms with Crippen molar-refractivity contribution < 1.29 is 23.9 Å². The number of aromatic nitrogens is 1. The van der Waals surface area contributed by atoms with Crippen LogP contribution in [0, 0.1) is 5.92 Å². The van der Waals surface area contributed by atoms with Crippen molar-refractivity contribution in [2.24, 2.45) is 11.7 Å². The highest BCUT2D eigenvalue weighted by Crippen LogP contribution is 2.31. The second kappa shape index (κ2) is 12.9. The van der Waals surface area contributed by atoms with Crippen molar-refractivity contribution in [1.82, 2.24) is 14.6 Å². The van der Waals surface area contributed by atoms with Crippen LogP contribution in [0.3, 0.4) is 0 Å². The van der Waals surface area contributed by atoms with E-state index < -0.39 is 17.9 Å². The summed E-state index contributed by atoms with van der Waals surface area (Å²) < 4.78 is 14.5. The predicted octanol–water partition coefficient (Wildman–Crippen LogP) is 3.39. The van der Waals surface area contributed by atoms with Gasteiger partial charge in [0.25, 0.3) is 11.8 Å². The van der Waals surface area contributed by atoms with E-state index in [1.54, 1.807) is 50.6 Å². The van der Waals surface area contributed by atoms with E-state index >= 15 is 0 Å². The summed E-state index contributed by atoms with van der Waals surface area (Å²) in [6.45, 7) is 4.65. The topological polar surface area (TPSA) is 150 Å². The number of carbonyl (C=O) groups excluding carboxylic acids is 3. The number of primary amides is 1. The first kappa shape index (κ1) is 28.5. The van der Waals surface area contributed by atoms with Gasteiger partial charge in [-0.15, -0.1) is 0 Å². The van der Waals surface area contributed by atoms with Gasteiger partial charge in [-0.25, -0.2) is 0 Å². The van der Waals surface area contributed by atoms with Crippen molar-refractivity contribution in [3.05, 3.63) is 70.2 Å². The monoisotopic (exact) mass is 539 g/mol. The smallest absolute Gasteiger partial charge is 0.270 e. The van der Waals surface area contributed by atoms with Gasteiger partial charge in [0.2, 0.25) is 5.91 Å². The quantitative estimate of drug-likeness (QED) is 0.319. The SMILES string of the molecule is COc1ccc(CN(C(=O)c2snc(C(N)=O)c2N)[C@@H](C(=O)NCCC(C)C)c2ccc(OC)cc2)cc1. The van der Waals surface area contributed by atoms with Crippen molar-refractivity contribution in [2.45, 2.75) is 32.9 Å². The molecule has 0 aliphatic heterocycles. The Morgan fingerprint density at radius 3 is 2.08 bits per heavy atom. The van der Waals surface area contributed by atoms with Crippen LogP contribution in [0.1, 0.15) is 57.6 Å². The molecule has 0 fully saturated rings. The van der Waals surface area contributed by atoms with Crippen LogP contribution in [0.5, 0.6) is 11.5 Å². The van der Waals surface area contributed by atoms with Gasteiger partial charge in [0.05, 0.1) is 19.9 Å². The second-order valence-electron chi connectivity index (χ2n) is 9.07. The summed E-state index contributed by atoms with van der Waals surface area (Å²) in [7, 11) is 3.11. The van der Waals surface area contributed by atoms with Crippen LogP contribution in [-0.4, -0.2) is 47.8 Å². The van der Waals surface area contributed by atoms with Crippen molar-refractivity contribution in [3.8, 4) is 11.5 Å². The molecule has 0 saturated heterocycles. The van der Waals surface area contributed by atoms with E-state index in [9.17, 15) is 14.4 Å². The molecular formula is C27H33N5O5S. The number of methoxy groups -OCH3 is 2. The fraction of sp³-hybridized carbons (Fsp3) is 0.333. The van der Waals surface area contributed by atoms with Gasteiger partial charge in [-0.05, 0) is 59.3 Å². The molecule has 202 valence electrons. The van der Waals surface area contributed by atoms with Gasteiger partial charge >= 0.3 is 0 Å². The molecule has 5 N–H and O–H groups in total. The van der Waals surface area contributed by atoms with E-state index in [0.717, 1.165) is 23.5 Å². The van der Waals surface area contributed by atoms with Gasteiger partial charge in [0.1, 0.15) is 22.4 Å². The number of ether oxygens (including phenoxy) is 2. The predicted molar refractivity (Wildman–Crippen MR) is 146 cm³/mol. The molecule has 11 heteroatoms. The molecule has 3 aromatic rings. The Morgan fingerprint density at radius 1 is 1.00 bits per heavy atom. The third-order valence-corrected chi connectivity index (χ3v) is 6.79. The average molecular weight is 540 g/mol. The Bertz CT molecular complexity index is 1260. The molecule has 0 saturated carbocycles. The van der Waals surface area contributed by atoms with Crippen LogP contribution < -0.4 is 26.3 Å². The second-order valence-corrected chi connectivity index (χ2v) is 9.84. The highest BCUT2D eigenvalue weighted by Gasteiger charge is 2.35. The molecular weight excluding hydrogens is 506 g/mol. The minimum Gasteiger partial charge on any atom is -0.497 e. The number of nitrogens with two attached hydrogens (primary N) is 2. The van der Waals surface area contributed by atoms with E-state index in [-0.39, 0.29) is 28.7 Å². The molecule has 0 aliphatic carbocycles. The Morgan fingerprint density at radius 2 is 1.58 bits per heavy atom. The highest BCUT2D eigenvalue weighted by atomic mass is 32.1. The number of benzene rings is 2. The Kier molecular flexibility index (Phi) is 9.66. The Hall–Kier alpha value is -4.12. The third kappa shape index (κ3) is 6.80. The molecule has 0 bridgehead atoms. The van der Waals surface area contributed by atoms with Crippen LogP contribution in [0.25, 0.3) is 0 Å². The molecule has 38 heavy (non-hydrogen) atoms. The molecule has 0 spiro atoms. The summed E-state index contributed by atoms with van der Waals surface area (Å²) in [5.74, 6) is -0.0891. The fourth-order valence-corrected chi connectivity index (χ4v) is 4.57. The third-order valence-electron chi connectivity index (χ3n) is 5.94. The number of rotatable bonds is 12. The van der Waals surface area contributed by atoms with E-state index in [0.29, 0.717) is 29.5 Å². The lowest BCUT2D eigenvalue weighted by molar-refractivity contribution is -0.126. The van der Waals surface area contributed by atoms with Gasteiger partial charge in [-0.1, -0.05) is 38.1 Å². The van der Waals surface area contributed by atoms with Crippen LogP contribution >= 0.6 is 11.5 Å². The van der Waals surface area contributed by atoms with Gasteiger partial charge in [0, 0.05) is 13.1 Å². The Balaban J connectivity index is 2.09. The number of nitrogens with one attached hydrogen (secondary N) is 1. The van der Waals surface area contributed by atoms with Gasteiger partial charge in [0.15, 0.2) is 5.69 Å². The summed E-state index contributed by atoms with van der Waals surface area (Å²) in [5.41, 5.74) is 12.5. The molecule has 3 amide bonds. The van der Waals surface area contributed by atoms with Crippen LogP contribution in [0.4, 0.5) is 5.69 Å². The molecule has 10 nitrogen and oxygen atoms in total. The number of nitrogen functional groups attached to an aromatic ring is 1. The summed E-state index contributed by atoms with van der Waals surface area (Å²) in [6.07, 6.45) is 0.775. The normalized spacial score (nSPS) is 11.6. The lowest BCUT2D eigenvalue weighted by Crippen LogP contribution is -2.43. The maximum atomic E-state index is 14.0. The molecule has 2 aromatic carbocycles. The first-order valence-corrected chi connectivity index (χ1v) is 12.8. The number of anilines is 1. The fourth-order valence-electron chi connectivity index (χ4n) is 3.81. The lowest BCUT2D eigenvalue weighted by Gasteiger charge is -2.31. The van der Waals surface area contributed by atoms with Gasteiger partial charge in [-0.2, -0.15) is 4.37 Å². The van der Waals surface area contributed by atoms with E-state index in [4.69, 9.17) is 20.9 Å². The minimum atomic E-state index is -1.01. The maximum Gasteiger partial charge on any atom is 0.270 e. The zero-order valence-electron chi connectivity index (χ0n) is 21.9. The number of hydrogen-bond acceptors (Lipinski definition) is 8. The summed E-state index contributed by atoms with van der Waals surface area (Å²) in [6, 6.07) is 13.1. The molecule has 0 unspecified atom stereocenters. The summed E-state index contributed by atoms with van der Waals surface area (Å²) >= 11 is 0.771. The zero-order chi connectivity index (χ0) is 27.8. The average Bonchev–Trinajstić information content (AvgIpc) is 3.30. The molecule has 3 rings (SSSR count). The molecule has 1 aromatic heterocycles. The van der Waals surface area contributed by atoms with Crippen molar-refractivity contribution in [2.75, 3.05) is 26.5 Å². The van der Waals surface area contributed by atoms with Crippen molar-refractivity contribution in [1.29, 1.82) is 0 Å². The van der Waals surface area contributed by atoms with E-state index in [2.05, 4.69) is 23.5 Å². The summed E-state index contributed by atoms with van der Waals surface area (Å²) in [5, 5.41) is 2.97. The number of nitrogens with zero attached hydrogens (tertiary/aromatic N) is 2. The van der Waals surface area contributed by atoms with Gasteiger partial charge in [-0.3, -0.25) is 14.4 Å². The standard InChI is InChI=1S/C27H33N5O5S/c1-16(2)13-14-30-26(34)23(18-7-11-20(37-4)12-8-18)32(15-17-5-9-19(36-3)10-6-17)27(35)24-21(28)22(25(29)33)31-38-24/h5-12,16,23H,13-15,28H2,1-4H3,(H2,29,33)(H,30,34)/t23-/m1/s1. The summed E-state index contributed by atoms with van der Waals surface area (Å²) in [4.78, 5) is 40.9. The maximum absolute atomic E-state index is 14.0. The van der Waals surface area contributed by atoms with Crippen molar-refractivity contribution in [3.63, 3.8) is 0 Å².